The first-order valence-electron chi connectivity index (χ1n) is 3.72. The van der Waals surface area contributed by atoms with Gasteiger partial charge in [-0.05, 0) is 12.8 Å². The van der Waals surface area contributed by atoms with Crippen LogP contribution in [0.3, 0.4) is 0 Å². The molecule has 0 spiro atoms. The lowest BCUT2D eigenvalue weighted by molar-refractivity contribution is -0.107. The molecule has 0 atom stereocenters. The van der Waals surface area contributed by atoms with Gasteiger partial charge in [-0.3, -0.25) is 9.63 Å². The summed E-state index contributed by atoms with van der Waals surface area (Å²) in [5.41, 5.74) is 0. The van der Waals surface area contributed by atoms with E-state index in [9.17, 15) is 4.79 Å². The van der Waals surface area contributed by atoms with Gasteiger partial charge in [0.15, 0.2) is 0 Å². The summed E-state index contributed by atoms with van der Waals surface area (Å²) < 4.78 is 0. The van der Waals surface area contributed by atoms with Crippen molar-refractivity contribution >= 4 is 6.41 Å². The predicted octanol–water partition coefficient (Wildman–Crippen LogP) is 0.861. The maximum atomic E-state index is 10.1. The Morgan fingerprint density at radius 2 is 2.00 bits per heavy atom. The van der Waals surface area contributed by atoms with Crippen molar-refractivity contribution in [3.05, 3.63) is 0 Å². The molecule has 0 bridgehead atoms. The van der Waals surface area contributed by atoms with E-state index in [-0.39, 0.29) is 0 Å². The summed E-state index contributed by atoms with van der Waals surface area (Å²) in [4.78, 5) is 15.1. The highest BCUT2D eigenvalue weighted by molar-refractivity contribution is 5.45. The fourth-order valence-electron chi connectivity index (χ4n) is 1.02. The number of rotatable bonds is 1. The van der Waals surface area contributed by atoms with Crippen LogP contribution in [0, 0.1) is 0 Å². The van der Waals surface area contributed by atoms with Crippen molar-refractivity contribution in [3.8, 4) is 0 Å². The van der Waals surface area contributed by atoms with Gasteiger partial charge in [-0.1, -0.05) is 12.8 Å². The molecule has 1 saturated heterocycles. The third kappa shape index (κ3) is 2.35. The average molecular weight is 142 g/mol. The number of hydrogen-bond acceptors (Lipinski definition) is 2. The van der Waals surface area contributed by atoms with Gasteiger partial charge in [-0.2, -0.15) is 0 Å². The maximum absolute atomic E-state index is 10.1. The molecule has 1 radical (unpaired) electrons. The second-order valence-electron chi connectivity index (χ2n) is 2.44. The molecule has 0 saturated carbocycles. The summed E-state index contributed by atoms with van der Waals surface area (Å²) >= 11 is 0. The van der Waals surface area contributed by atoms with Crippen molar-refractivity contribution in [3.63, 3.8) is 0 Å². The molecule has 1 heterocycles. The smallest absolute Gasteiger partial charge is 0.271 e. The summed E-state index contributed by atoms with van der Waals surface area (Å²) in [7, 11) is 0. The van der Waals surface area contributed by atoms with Crippen molar-refractivity contribution in [1.82, 2.24) is 5.06 Å². The topological polar surface area (TPSA) is 29.5 Å². The van der Waals surface area contributed by atoms with Crippen LogP contribution in [0.25, 0.3) is 0 Å². The van der Waals surface area contributed by atoms with Crippen LogP contribution < -0.4 is 0 Å². The molecule has 0 aliphatic carbocycles. The number of hydroxylamine groups is 2. The number of nitrogens with zero attached hydrogens (tertiary/aromatic N) is 1. The fraction of sp³-hybridized carbons (Fsp3) is 0.857. The molecule has 3 heteroatoms. The van der Waals surface area contributed by atoms with Gasteiger partial charge in [0.05, 0.1) is 6.61 Å². The van der Waals surface area contributed by atoms with Crippen LogP contribution in [0.15, 0.2) is 0 Å². The van der Waals surface area contributed by atoms with Gasteiger partial charge in [-0.15, -0.1) is 0 Å². The fourth-order valence-corrected chi connectivity index (χ4v) is 1.02. The van der Waals surface area contributed by atoms with Crippen LogP contribution >= 0.6 is 0 Å². The molecule has 0 aromatic rings. The summed E-state index contributed by atoms with van der Waals surface area (Å²) in [6, 6.07) is 0. The molecule has 0 unspecified atom stereocenters. The Kier molecular flexibility index (Phi) is 3.22. The molecule has 57 valence electrons. The maximum Gasteiger partial charge on any atom is 0.337 e. The van der Waals surface area contributed by atoms with Gasteiger partial charge in [0.25, 0.3) is 0 Å². The highest BCUT2D eigenvalue weighted by Crippen LogP contribution is 2.05. The Hall–Kier alpha value is -0.570. The van der Waals surface area contributed by atoms with Crippen LogP contribution in [0.4, 0.5) is 0 Å². The van der Waals surface area contributed by atoms with Crippen LogP contribution in [0.2, 0.25) is 0 Å². The van der Waals surface area contributed by atoms with E-state index in [0.29, 0.717) is 13.2 Å². The van der Waals surface area contributed by atoms with Gasteiger partial charge in [0.1, 0.15) is 0 Å². The standard InChI is InChI=1S/C7H12NO2/c9-7-8-5-3-1-2-4-6-10-8/h1-6H2. The zero-order valence-corrected chi connectivity index (χ0v) is 6.01. The SMILES string of the molecule is O=[C]N1CCCCCCO1. The molecule has 1 aliphatic heterocycles. The highest BCUT2D eigenvalue weighted by Gasteiger charge is 2.05. The summed E-state index contributed by atoms with van der Waals surface area (Å²) in [6.07, 6.45) is 6.23. The van der Waals surface area contributed by atoms with Gasteiger partial charge >= 0.3 is 6.41 Å². The summed E-state index contributed by atoms with van der Waals surface area (Å²) in [5.74, 6) is 0. The van der Waals surface area contributed by atoms with Gasteiger partial charge in [0, 0.05) is 6.54 Å². The Labute approximate surface area is 60.9 Å². The summed E-state index contributed by atoms with van der Waals surface area (Å²) in [5, 5.41) is 1.26. The highest BCUT2D eigenvalue weighted by atomic mass is 16.7. The zero-order valence-electron chi connectivity index (χ0n) is 6.01. The Morgan fingerprint density at radius 1 is 1.20 bits per heavy atom. The molecule has 3 nitrogen and oxygen atoms in total. The second kappa shape index (κ2) is 4.28. The number of hydrogen-bond donors (Lipinski definition) is 0. The molecule has 1 rings (SSSR count). The van der Waals surface area contributed by atoms with Crippen molar-refractivity contribution in [2.24, 2.45) is 0 Å². The Balaban J connectivity index is 2.22. The molecular weight excluding hydrogens is 130 g/mol. The second-order valence-corrected chi connectivity index (χ2v) is 2.44. The molecule has 0 aromatic heterocycles. The zero-order chi connectivity index (χ0) is 7.23. The van der Waals surface area contributed by atoms with Crippen molar-refractivity contribution in [2.75, 3.05) is 13.2 Å². The van der Waals surface area contributed by atoms with Crippen molar-refractivity contribution in [1.29, 1.82) is 0 Å². The predicted molar refractivity (Wildman–Crippen MR) is 36.8 cm³/mol. The molecule has 10 heavy (non-hydrogen) atoms. The summed E-state index contributed by atoms with van der Waals surface area (Å²) in [6.45, 7) is 1.36. The van der Waals surface area contributed by atoms with E-state index in [1.54, 1.807) is 6.41 Å². The van der Waals surface area contributed by atoms with Crippen LogP contribution in [-0.4, -0.2) is 24.6 Å². The molecule has 1 fully saturated rings. The van der Waals surface area contributed by atoms with Crippen LogP contribution in [0.1, 0.15) is 25.7 Å². The normalized spacial score (nSPS) is 21.4. The van der Waals surface area contributed by atoms with E-state index in [4.69, 9.17) is 4.84 Å². The van der Waals surface area contributed by atoms with E-state index in [2.05, 4.69) is 0 Å². The van der Waals surface area contributed by atoms with Gasteiger partial charge in [-0.25, -0.2) is 5.06 Å². The minimum absolute atomic E-state index is 0.662. The molecule has 0 N–H and O–H groups in total. The Bertz CT molecular complexity index is 97.8. The molecule has 0 aromatic carbocycles. The Morgan fingerprint density at radius 3 is 2.80 bits per heavy atom. The quantitative estimate of drug-likeness (QED) is 0.543. The van der Waals surface area contributed by atoms with Crippen LogP contribution in [0.5, 0.6) is 0 Å². The van der Waals surface area contributed by atoms with E-state index in [0.717, 1.165) is 12.8 Å². The van der Waals surface area contributed by atoms with Crippen molar-refractivity contribution in [2.45, 2.75) is 25.7 Å². The minimum Gasteiger partial charge on any atom is -0.271 e. The third-order valence-corrected chi connectivity index (χ3v) is 1.60. The largest absolute Gasteiger partial charge is 0.337 e. The average Bonchev–Trinajstić information content (AvgIpc) is 1.87. The third-order valence-electron chi connectivity index (χ3n) is 1.60. The van der Waals surface area contributed by atoms with Crippen LogP contribution in [-0.2, 0) is 9.63 Å². The van der Waals surface area contributed by atoms with Gasteiger partial charge < -0.3 is 0 Å². The van der Waals surface area contributed by atoms with E-state index < -0.39 is 0 Å². The lowest BCUT2D eigenvalue weighted by Gasteiger charge is -2.17. The monoisotopic (exact) mass is 142 g/mol. The van der Waals surface area contributed by atoms with Crippen molar-refractivity contribution < 1.29 is 9.63 Å². The number of carbonyl (C=O) groups excluding carboxylic acids is 1. The molecular formula is C7H12NO2. The van der Waals surface area contributed by atoms with E-state index in [1.165, 1.54) is 17.9 Å². The first-order valence-corrected chi connectivity index (χ1v) is 3.72. The lowest BCUT2D eigenvalue weighted by atomic mass is 10.2. The molecule has 1 aliphatic rings. The number of amides is 1. The lowest BCUT2D eigenvalue weighted by Crippen LogP contribution is -2.25. The van der Waals surface area contributed by atoms with Gasteiger partial charge in [0.2, 0.25) is 0 Å². The molecule has 1 amide bonds. The van der Waals surface area contributed by atoms with E-state index in [1.807, 2.05) is 0 Å². The first-order chi connectivity index (χ1) is 4.93. The van der Waals surface area contributed by atoms with E-state index >= 15 is 0 Å². The minimum atomic E-state index is 0.662. The first kappa shape index (κ1) is 7.54.